The average Bonchev–Trinajstić information content (AvgIpc) is 3.02. The van der Waals surface area contributed by atoms with Crippen molar-refractivity contribution < 1.29 is 0 Å². The molecule has 1 unspecified atom stereocenters. The maximum atomic E-state index is 12.8. The van der Waals surface area contributed by atoms with Crippen LogP contribution in [0.4, 0.5) is 0 Å². The Labute approximate surface area is 148 Å². The molecule has 0 saturated carbocycles. The molecule has 0 saturated heterocycles. The van der Waals surface area contributed by atoms with Gasteiger partial charge in [0.25, 0.3) is 5.56 Å². The number of hydrogen-bond donors (Lipinski definition) is 0. The summed E-state index contributed by atoms with van der Waals surface area (Å²) in [6.45, 7) is 4.14. The SMILES string of the molecule is CCC(C)n1c(SCc2ccccc2Cl)nc2ccsc2c1=O. The van der Waals surface area contributed by atoms with Crippen LogP contribution in [0.25, 0.3) is 10.2 Å². The number of thiophene rings is 1. The second kappa shape index (κ2) is 7.07. The molecule has 0 radical (unpaired) electrons. The summed E-state index contributed by atoms with van der Waals surface area (Å²) in [5, 5.41) is 3.42. The van der Waals surface area contributed by atoms with Crippen LogP contribution in [0.15, 0.2) is 45.7 Å². The van der Waals surface area contributed by atoms with Crippen LogP contribution in [0.1, 0.15) is 31.9 Å². The molecule has 3 nitrogen and oxygen atoms in total. The lowest BCUT2D eigenvalue weighted by molar-refractivity contribution is 0.468. The van der Waals surface area contributed by atoms with Crippen molar-refractivity contribution >= 4 is 44.9 Å². The fraction of sp³-hybridized carbons (Fsp3) is 0.294. The lowest BCUT2D eigenvalue weighted by atomic mass is 10.2. The van der Waals surface area contributed by atoms with Gasteiger partial charge < -0.3 is 0 Å². The molecule has 1 aromatic carbocycles. The van der Waals surface area contributed by atoms with Gasteiger partial charge in [-0.15, -0.1) is 11.3 Å². The second-order valence-corrected chi connectivity index (χ2v) is 7.61. The van der Waals surface area contributed by atoms with E-state index in [2.05, 4.69) is 13.8 Å². The lowest BCUT2D eigenvalue weighted by Gasteiger charge is -2.17. The Balaban J connectivity index is 2.02. The van der Waals surface area contributed by atoms with Crippen LogP contribution in [-0.4, -0.2) is 9.55 Å². The third-order valence-corrected chi connectivity index (χ3v) is 6.09. The molecule has 0 fully saturated rings. The summed E-state index contributed by atoms with van der Waals surface area (Å²) in [5.41, 5.74) is 1.89. The minimum Gasteiger partial charge on any atom is -0.284 e. The summed E-state index contributed by atoms with van der Waals surface area (Å²) in [4.78, 5) is 17.5. The van der Waals surface area contributed by atoms with Gasteiger partial charge in [-0.2, -0.15) is 0 Å². The first-order chi connectivity index (χ1) is 11.1. The summed E-state index contributed by atoms with van der Waals surface area (Å²) >= 11 is 9.25. The van der Waals surface area contributed by atoms with E-state index in [1.54, 1.807) is 11.8 Å². The molecule has 23 heavy (non-hydrogen) atoms. The fourth-order valence-corrected chi connectivity index (χ4v) is 4.48. The molecule has 120 valence electrons. The zero-order valence-electron chi connectivity index (χ0n) is 13.0. The first kappa shape index (κ1) is 16.6. The number of benzene rings is 1. The summed E-state index contributed by atoms with van der Waals surface area (Å²) in [5.74, 6) is 0.693. The Morgan fingerprint density at radius 3 is 2.87 bits per heavy atom. The molecular formula is C17H17ClN2OS2. The van der Waals surface area contributed by atoms with E-state index in [0.717, 1.165) is 32.4 Å². The van der Waals surface area contributed by atoms with Crippen LogP contribution in [-0.2, 0) is 5.75 Å². The van der Waals surface area contributed by atoms with Gasteiger partial charge in [0.05, 0.1) is 5.52 Å². The van der Waals surface area contributed by atoms with Crippen LogP contribution in [0.5, 0.6) is 0 Å². The number of thioether (sulfide) groups is 1. The van der Waals surface area contributed by atoms with Crippen molar-refractivity contribution in [3.05, 3.63) is 56.7 Å². The Kier molecular flexibility index (Phi) is 5.09. The van der Waals surface area contributed by atoms with Gasteiger partial charge in [0.2, 0.25) is 0 Å². The standard InChI is InChI=1S/C17H17ClN2OS2/c1-3-11(2)20-16(21)15-14(8-9-22-15)19-17(20)23-10-12-6-4-5-7-13(12)18/h4-9,11H,3,10H2,1-2H3. The molecule has 0 spiro atoms. The minimum atomic E-state index is 0.0565. The summed E-state index contributed by atoms with van der Waals surface area (Å²) in [6.07, 6.45) is 0.887. The van der Waals surface area contributed by atoms with Crippen molar-refractivity contribution in [1.82, 2.24) is 9.55 Å². The predicted molar refractivity (Wildman–Crippen MR) is 99.9 cm³/mol. The van der Waals surface area contributed by atoms with Crippen molar-refractivity contribution in [3.63, 3.8) is 0 Å². The van der Waals surface area contributed by atoms with Gasteiger partial charge in [-0.1, -0.05) is 48.5 Å². The van der Waals surface area contributed by atoms with Gasteiger partial charge >= 0.3 is 0 Å². The second-order valence-electron chi connectivity index (χ2n) is 5.34. The van der Waals surface area contributed by atoms with Crippen LogP contribution < -0.4 is 5.56 Å². The minimum absolute atomic E-state index is 0.0565. The molecule has 1 atom stereocenters. The Hall–Kier alpha value is -1.30. The van der Waals surface area contributed by atoms with E-state index in [-0.39, 0.29) is 11.6 Å². The number of nitrogens with zero attached hydrogens (tertiary/aromatic N) is 2. The Bertz CT molecular complexity index is 888. The molecule has 0 aliphatic carbocycles. The number of halogens is 1. The van der Waals surface area contributed by atoms with Crippen molar-refractivity contribution in [2.45, 2.75) is 37.2 Å². The molecule has 0 aliphatic rings. The molecule has 3 aromatic rings. The van der Waals surface area contributed by atoms with Gasteiger partial charge in [0, 0.05) is 16.8 Å². The smallest absolute Gasteiger partial charge is 0.272 e. The van der Waals surface area contributed by atoms with Gasteiger partial charge in [-0.3, -0.25) is 9.36 Å². The third-order valence-electron chi connectivity index (χ3n) is 3.83. The molecule has 0 aliphatic heterocycles. The summed E-state index contributed by atoms with van der Waals surface area (Å²) in [6, 6.07) is 9.80. The summed E-state index contributed by atoms with van der Waals surface area (Å²) < 4.78 is 2.55. The Morgan fingerprint density at radius 2 is 2.13 bits per heavy atom. The number of rotatable bonds is 5. The fourth-order valence-electron chi connectivity index (χ4n) is 2.33. The largest absolute Gasteiger partial charge is 0.284 e. The van der Waals surface area contributed by atoms with Crippen molar-refractivity contribution in [1.29, 1.82) is 0 Å². The molecule has 0 N–H and O–H groups in total. The summed E-state index contributed by atoms with van der Waals surface area (Å²) in [7, 11) is 0. The highest BCUT2D eigenvalue weighted by Crippen LogP contribution is 2.28. The Morgan fingerprint density at radius 1 is 1.35 bits per heavy atom. The highest BCUT2D eigenvalue weighted by atomic mass is 35.5. The van der Waals surface area contributed by atoms with Gasteiger partial charge in [-0.25, -0.2) is 4.98 Å². The van der Waals surface area contributed by atoms with E-state index in [9.17, 15) is 4.79 Å². The molecule has 3 rings (SSSR count). The molecule has 0 bridgehead atoms. The number of aromatic nitrogens is 2. The average molecular weight is 365 g/mol. The van der Waals surface area contributed by atoms with E-state index < -0.39 is 0 Å². The van der Waals surface area contributed by atoms with Crippen LogP contribution in [0.2, 0.25) is 5.02 Å². The van der Waals surface area contributed by atoms with E-state index in [1.165, 1.54) is 11.3 Å². The molecule has 0 amide bonds. The molecular weight excluding hydrogens is 348 g/mol. The quantitative estimate of drug-likeness (QED) is 0.450. The van der Waals surface area contributed by atoms with E-state index in [1.807, 2.05) is 40.3 Å². The normalized spacial score (nSPS) is 12.7. The van der Waals surface area contributed by atoms with Crippen LogP contribution in [0, 0.1) is 0 Å². The zero-order valence-corrected chi connectivity index (χ0v) is 15.3. The van der Waals surface area contributed by atoms with Crippen molar-refractivity contribution in [2.75, 3.05) is 0 Å². The lowest BCUT2D eigenvalue weighted by Crippen LogP contribution is -2.25. The zero-order chi connectivity index (χ0) is 16.4. The van der Waals surface area contributed by atoms with Crippen molar-refractivity contribution in [2.24, 2.45) is 0 Å². The number of fused-ring (bicyclic) bond motifs is 1. The molecule has 2 aromatic heterocycles. The van der Waals surface area contributed by atoms with Gasteiger partial charge in [-0.05, 0) is 36.4 Å². The topological polar surface area (TPSA) is 34.9 Å². The van der Waals surface area contributed by atoms with Gasteiger partial charge in [0.1, 0.15) is 4.70 Å². The van der Waals surface area contributed by atoms with E-state index in [0.29, 0.717) is 5.75 Å². The number of hydrogen-bond acceptors (Lipinski definition) is 4. The maximum Gasteiger partial charge on any atom is 0.272 e. The molecule has 6 heteroatoms. The van der Waals surface area contributed by atoms with Gasteiger partial charge in [0.15, 0.2) is 5.16 Å². The van der Waals surface area contributed by atoms with Crippen LogP contribution in [0.3, 0.4) is 0 Å². The highest BCUT2D eigenvalue weighted by molar-refractivity contribution is 7.98. The first-order valence-electron chi connectivity index (χ1n) is 7.47. The predicted octanol–water partition coefficient (Wildman–Crippen LogP) is 5.37. The van der Waals surface area contributed by atoms with E-state index in [4.69, 9.17) is 16.6 Å². The van der Waals surface area contributed by atoms with Crippen molar-refractivity contribution in [3.8, 4) is 0 Å². The third kappa shape index (κ3) is 3.32. The maximum absolute atomic E-state index is 12.8. The monoisotopic (exact) mass is 364 g/mol. The van der Waals surface area contributed by atoms with Crippen LogP contribution >= 0.6 is 34.7 Å². The van der Waals surface area contributed by atoms with E-state index >= 15 is 0 Å². The molecule has 2 heterocycles. The first-order valence-corrected chi connectivity index (χ1v) is 9.72. The highest BCUT2D eigenvalue weighted by Gasteiger charge is 2.16.